The van der Waals surface area contributed by atoms with E-state index in [1.165, 1.54) is 28.9 Å². The molecule has 0 saturated carbocycles. The van der Waals surface area contributed by atoms with Gasteiger partial charge in [0.1, 0.15) is 11.5 Å². The van der Waals surface area contributed by atoms with E-state index in [-0.39, 0.29) is 34.4 Å². The van der Waals surface area contributed by atoms with Gasteiger partial charge in [-0.15, -0.1) is 0 Å². The summed E-state index contributed by atoms with van der Waals surface area (Å²) in [6.45, 7) is 8.64. The van der Waals surface area contributed by atoms with Crippen molar-refractivity contribution in [3.8, 4) is 0 Å². The van der Waals surface area contributed by atoms with Gasteiger partial charge in [-0.2, -0.15) is 5.10 Å². The molecule has 0 spiro atoms. The molecule has 140 valence electrons. The van der Waals surface area contributed by atoms with Crippen LogP contribution < -0.4 is 10.9 Å². The molecule has 0 aliphatic carbocycles. The van der Waals surface area contributed by atoms with Gasteiger partial charge >= 0.3 is 0 Å². The summed E-state index contributed by atoms with van der Waals surface area (Å²) in [5, 5.41) is 7.13. The molecule has 1 aromatic carbocycles. The van der Waals surface area contributed by atoms with E-state index in [0.717, 1.165) is 12.0 Å². The molecule has 1 aromatic heterocycles. The van der Waals surface area contributed by atoms with Gasteiger partial charge in [0.2, 0.25) is 0 Å². The predicted octanol–water partition coefficient (Wildman–Crippen LogP) is 3.70. The van der Waals surface area contributed by atoms with Gasteiger partial charge in [-0.3, -0.25) is 9.59 Å². The molecular formula is C20H26FN3O2. The number of nitrogens with one attached hydrogen (secondary N) is 1. The van der Waals surface area contributed by atoms with Gasteiger partial charge in [-0.25, -0.2) is 9.07 Å². The average molecular weight is 359 g/mol. The number of amides is 1. The molecule has 0 unspecified atom stereocenters. The van der Waals surface area contributed by atoms with E-state index in [1.807, 2.05) is 6.92 Å². The zero-order chi connectivity index (χ0) is 19.3. The van der Waals surface area contributed by atoms with Gasteiger partial charge in [-0.05, 0) is 42.0 Å². The summed E-state index contributed by atoms with van der Waals surface area (Å²) in [6, 6.07) is 8.64. The SMILES string of the molecule is CCCn1nc(C(=O)N[C@@H](CC(C)(C)C)c2ccc(F)cc2)ccc1=O. The van der Waals surface area contributed by atoms with Crippen LogP contribution >= 0.6 is 0 Å². The minimum Gasteiger partial charge on any atom is -0.344 e. The molecule has 0 radical (unpaired) electrons. The van der Waals surface area contributed by atoms with E-state index in [1.54, 1.807) is 12.1 Å². The van der Waals surface area contributed by atoms with Crippen molar-refractivity contribution in [1.82, 2.24) is 15.1 Å². The highest BCUT2D eigenvalue weighted by Crippen LogP contribution is 2.29. The molecule has 0 saturated heterocycles. The maximum absolute atomic E-state index is 13.2. The van der Waals surface area contributed by atoms with Crippen molar-refractivity contribution in [2.75, 3.05) is 0 Å². The van der Waals surface area contributed by atoms with Crippen LogP contribution in [0.1, 0.15) is 62.6 Å². The first-order valence-electron chi connectivity index (χ1n) is 8.84. The van der Waals surface area contributed by atoms with Crippen molar-refractivity contribution >= 4 is 5.91 Å². The lowest BCUT2D eigenvalue weighted by molar-refractivity contribution is 0.0918. The first kappa shape index (κ1) is 19.8. The lowest BCUT2D eigenvalue weighted by Gasteiger charge is -2.27. The summed E-state index contributed by atoms with van der Waals surface area (Å²) >= 11 is 0. The summed E-state index contributed by atoms with van der Waals surface area (Å²) in [4.78, 5) is 24.5. The molecular weight excluding hydrogens is 333 g/mol. The molecule has 2 aromatic rings. The third-order valence-corrected chi connectivity index (χ3v) is 3.93. The van der Waals surface area contributed by atoms with E-state index in [4.69, 9.17) is 0 Å². The Kier molecular flexibility index (Phi) is 6.29. The number of carbonyl (C=O) groups is 1. The van der Waals surface area contributed by atoms with Crippen LogP contribution in [0.5, 0.6) is 0 Å². The molecule has 1 atom stereocenters. The van der Waals surface area contributed by atoms with Gasteiger partial charge in [0, 0.05) is 12.6 Å². The van der Waals surface area contributed by atoms with E-state index in [9.17, 15) is 14.0 Å². The normalized spacial score (nSPS) is 12.7. The van der Waals surface area contributed by atoms with Gasteiger partial charge in [0.25, 0.3) is 11.5 Å². The van der Waals surface area contributed by atoms with Gasteiger partial charge in [-0.1, -0.05) is 39.8 Å². The maximum atomic E-state index is 13.2. The van der Waals surface area contributed by atoms with Crippen LogP contribution in [0.2, 0.25) is 0 Å². The monoisotopic (exact) mass is 359 g/mol. The Hall–Kier alpha value is -2.50. The Labute approximate surface area is 153 Å². The molecule has 0 bridgehead atoms. The Morgan fingerprint density at radius 1 is 1.19 bits per heavy atom. The number of hydrogen-bond acceptors (Lipinski definition) is 3. The summed E-state index contributed by atoms with van der Waals surface area (Å²) < 4.78 is 14.5. The number of halogens is 1. The number of hydrogen-bond donors (Lipinski definition) is 1. The second-order valence-corrected chi connectivity index (χ2v) is 7.62. The Balaban J connectivity index is 2.27. The van der Waals surface area contributed by atoms with Crippen molar-refractivity contribution < 1.29 is 9.18 Å². The van der Waals surface area contributed by atoms with E-state index in [0.29, 0.717) is 13.0 Å². The lowest BCUT2D eigenvalue weighted by Crippen LogP contribution is -2.34. The van der Waals surface area contributed by atoms with E-state index >= 15 is 0 Å². The molecule has 0 aliphatic heterocycles. The predicted molar refractivity (Wildman–Crippen MR) is 99.5 cm³/mol. The summed E-state index contributed by atoms with van der Waals surface area (Å²) in [6.07, 6.45) is 1.43. The van der Waals surface area contributed by atoms with Crippen LogP contribution in [0.3, 0.4) is 0 Å². The number of nitrogens with zero attached hydrogens (tertiary/aromatic N) is 2. The fraction of sp³-hybridized carbons (Fsp3) is 0.450. The quantitative estimate of drug-likeness (QED) is 0.855. The molecule has 1 N–H and O–H groups in total. The van der Waals surface area contributed by atoms with Gasteiger partial charge < -0.3 is 5.32 Å². The second kappa shape index (κ2) is 8.25. The lowest BCUT2D eigenvalue weighted by atomic mass is 9.85. The first-order chi connectivity index (χ1) is 12.2. The molecule has 0 aliphatic rings. The summed E-state index contributed by atoms with van der Waals surface area (Å²) in [5.41, 5.74) is 0.754. The second-order valence-electron chi connectivity index (χ2n) is 7.62. The zero-order valence-corrected chi connectivity index (χ0v) is 15.8. The highest BCUT2D eigenvalue weighted by Gasteiger charge is 2.23. The minimum atomic E-state index is -0.353. The number of carbonyl (C=O) groups excluding carboxylic acids is 1. The number of benzene rings is 1. The standard InChI is InChI=1S/C20H26FN3O2/c1-5-12-24-18(25)11-10-16(23-24)19(26)22-17(13-20(2,3)4)14-6-8-15(21)9-7-14/h6-11,17H,5,12-13H2,1-4H3,(H,22,26)/t17-/m0/s1. The van der Waals surface area contributed by atoms with Crippen LogP contribution in [0.15, 0.2) is 41.2 Å². The molecule has 6 heteroatoms. The molecule has 26 heavy (non-hydrogen) atoms. The Morgan fingerprint density at radius 3 is 2.42 bits per heavy atom. The van der Waals surface area contributed by atoms with Gasteiger partial charge in [0.15, 0.2) is 0 Å². The molecule has 2 rings (SSSR count). The third-order valence-electron chi connectivity index (χ3n) is 3.93. The van der Waals surface area contributed by atoms with Crippen LogP contribution in [0.25, 0.3) is 0 Å². The highest BCUT2D eigenvalue weighted by molar-refractivity contribution is 5.92. The molecule has 0 fully saturated rings. The topological polar surface area (TPSA) is 64.0 Å². The van der Waals surface area contributed by atoms with Crippen molar-refractivity contribution in [1.29, 1.82) is 0 Å². The zero-order valence-electron chi connectivity index (χ0n) is 15.8. The van der Waals surface area contributed by atoms with Crippen LogP contribution in [0.4, 0.5) is 4.39 Å². The molecule has 1 amide bonds. The number of aromatic nitrogens is 2. The van der Waals surface area contributed by atoms with Gasteiger partial charge in [0.05, 0.1) is 6.04 Å². The number of rotatable bonds is 6. The minimum absolute atomic E-state index is 0.0409. The fourth-order valence-electron chi connectivity index (χ4n) is 2.73. The smallest absolute Gasteiger partial charge is 0.272 e. The highest BCUT2D eigenvalue weighted by atomic mass is 19.1. The largest absolute Gasteiger partial charge is 0.344 e. The Morgan fingerprint density at radius 2 is 1.85 bits per heavy atom. The molecule has 1 heterocycles. The summed E-state index contributed by atoms with van der Waals surface area (Å²) in [5.74, 6) is -0.670. The fourth-order valence-corrected chi connectivity index (χ4v) is 2.73. The Bertz CT molecular complexity index is 807. The third kappa shape index (κ3) is 5.51. The van der Waals surface area contributed by atoms with Crippen molar-refractivity contribution in [3.05, 3.63) is 63.8 Å². The summed E-state index contributed by atoms with van der Waals surface area (Å²) in [7, 11) is 0. The van der Waals surface area contributed by atoms with Crippen molar-refractivity contribution in [3.63, 3.8) is 0 Å². The van der Waals surface area contributed by atoms with Crippen molar-refractivity contribution in [2.24, 2.45) is 5.41 Å². The van der Waals surface area contributed by atoms with Crippen LogP contribution in [0, 0.1) is 11.2 Å². The molecule has 5 nitrogen and oxygen atoms in total. The first-order valence-corrected chi connectivity index (χ1v) is 8.84. The average Bonchev–Trinajstić information content (AvgIpc) is 2.56. The van der Waals surface area contributed by atoms with E-state index < -0.39 is 0 Å². The van der Waals surface area contributed by atoms with E-state index in [2.05, 4.69) is 31.2 Å². The maximum Gasteiger partial charge on any atom is 0.272 e. The van der Waals surface area contributed by atoms with Crippen LogP contribution in [-0.2, 0) is 6.54 Å². The van der Waals surface area contributed by atoms with Crippen LogP contribution in [-0.4, -0.2) is 15.7 Å². The number of aryl methyl sites for hydroxylation is 1. The van der Waals surface area contributed by atoms with Crippen molar-refractivity contribution in [2.45, 2.75) is 53.1 Å².